The monoisotopic (exact) mass is 398 g/mol. The first-order valence-electron chi connectivity index (χ1n) is 9.29. The summed E-state index contributed by atoms with van der Waals surface area (Å²) in [7, 11) is 1.31. The molecule has 0 aliphatic heterocycles. The molecule has 0 saturated heterocycles. The number of unbranched alkanes of at least 4 members (excludes halogenated alkanes) is 6. The summed E-state index contributed by atoms with van der Waals surface area (Å²) in [5.74, 6) is 0. The third-order valence-corrected chi connectivity index (χ3v) is 4.91. The van der Waals surface area contributed by atoms with Gasteiger partial charge in [0.2, 0.25) is 0 Å². The number of ether oxygens (including phenoxy) is 1. The maximum Gasteiger partial charge on any atom is 0.416 e. The Balaban J connectivity index is 2.97. The standard InChI is InChI=1S/C20H28F6O/c1-4-5-6-7-8-9-10-11-18(2,27-3)15-12-16(19(21,22)23)14-17(13-15)20(24,25)26/h12-14H,4-11H2,1-3H3. The molecule has 0 heterocycles. The van der Waals surface area contributed by atoms with Crippen molar-refractivity contribution in [3.63, 3.8) is 0 Å². The largest absolute Gasteiger partial charge is 0.416 e. The summed E-state index contributed by atoms with van der Waals surface area (Å²) in [5.41, 5.74) is -3.92. The van der Waals surface area contributed by atoms with Gasteiger partial charge in [-0.2, -0.15) is 26.3 Å². The number of hydrogen-bond acceptors (Lipinski definition) is 1. The minimum absolute atomic E-state index is 0.0990. The Labute approximate surface area is 157 Å². The molecule has 0 radical (unpaired) electrons. The highest BCUT2D eigenvalue weighted by Crippen LogP contribution is 2.40. The average molecular weight is 398 g/mol. The summed E-state index contributed by atoms with van der Waals surface area (Å²) in [6.45, 7) is 3.66. The Kier molecular flexibility index (Phi) is 8.64. The molecule has 1 atom stereocenters. The third-order valence-electron chi connectivity index (χ3n) is 4.91. The minimum Gasteiger partial charge on any atom is -0.374 e. The van der Waals surface area contributed by atoms with Crippen LogP contribution in [0.15, 0.2) is 18.2 Å². The van der Waals surface area contributed by atoms with Gasteiger partial charge >= 0.3 is 12.4 Å². The smallest absolute Gasteiger partial charge is 0.374 e. The molecule has 1 aromatic rings. The molecule has 0 fully saturated rings. The molecule has 1 unspecified atom stereocenters. The highest BCUT2D eigenvalue weighted by molar-refractivity contribution is 5.36. The zero-order valence-electron chi connectivity index (χ0n) is 16.1. The molecular formula is C20H28F6O. The van der Waals surface area contributed by atoms with Crippen molar-refractivity contribution < 1.29 is 31.1 Å². The van der Waals surface area contributed by atoms with Crippen molar-refractivity contribution in [2.75, 3.05) is 7.11 Å². The lowest BCUT2D eigenvalue weighted by Gasteiger charge is -2.30. The number of methoxy groups -OCH3 is 1. The van der Waals surface area contributed by atoms with Gasteiger partial charge in [0, 0.05) is 7.11 Å². The predicted molar refractivity (Wildman–Crippen MR) is 93.4 cm³/mol. The van der Waals surface area contributed by atoms with E-state index in [1.807, 2.05) is 0 Å². The molecule has 0 N–H and O–H groups in total. The molecule has 1 aromatic carbocycles. The van der Waals surface area contributed by atoms with Crippen LogP contribution in [0, 0.1) is 0 Å². The molecule has 1 nitrogen and oxygen atoms in total. The van der Waals surface area contributed by atoms with Crippen LogP contribution in [-0.4, -0.2) is 7.11 Å². The summed E-state index contributed by atoms with van der Waals surface area (Å²) in [4.78, 5) is 0. The third kappa shape index (κ3) is 7.35. The summed E-state index contributed by atoms with van der Waals surface area (Å²) >= 11 is 0. The van der Waals surface area contributed by atoms with E-state index in [1.54, 1.807) is 6.92 Å². The van der Waals surface area contributed by atoms with Crippen molar-refractivity contribution in [1.29, 1.82) is 0 Å². The number of benzene rings is 1. The molecule has 0 aromatic heterocycles. The van der Waals surface area contributed by atoms with E-state index in [0.29, 0.717) is 12.8 Å². The van der Waals surface area contributed by atoms with Gasteiger partial charge < -0.3 is 4.74 Å². The normalized spacial score (nSPS) is 15.0. The second-order valence-electron chi connectivity index (χ2n) is 7.10. The van der Waals surface area contributed by atoms with Crippen molar-refractivity contribution >= 4 is 0 Å². The summed E-state index contributed by atoms with van der Waals surface area (Å²) in [6.07, 6.45) is -2.29. The topological polar surface area (TPSA) is 9.23 Å². The Morgan fingerprint density at radius 3 is 1.52 bits per heavy atom. The molecule has 0 saturated carbocycles. The van der Waals surface area contributed by atoms with Crippen LogP contribution in [0.5, 0.6) is 0 Å². The molecule has 7 heteroatoms. The van der Waals surface area contributed by atoms with E-state index in [2.05, 4.69) is 6.92 Å². The first-order chi connectivity index (χ1) is 12.4. The van der Waals surface area contributed by atoms with E-state index in [0.717, 1.165) is 44.2 Å². The first-order valence-corrected chi connectivity index (χ1v) is 9.29. The van der Waals surface area contributed by atoms with Crippen molar-refractivity contribution in [2.45, 2.75) is 83.2 Å². The second kappa shape index (κ2) is 9.80. The summed E-state index contributed by atoms with van der Waals surface area (Å²) in [6, 6.07) is 1.67. The lowest BCUT2D eigenvalue weighted by molar-refractivity contribution is -0.143. The maximum atomic E-state index is 13.1. The van der Waals surface area contributed by atoms with Gasteiger partial charge in [0.15, 0.2) is 0 Å². The van der Waals surface area contributed by atoms with Gasteiger partial charge in [0.05, 0.1) is 16.7 Å². The van der Waals surface area contributed by atoms with Crippen LogP contribution in [0.2, 0.25) is 0 Å². The van der Waals surface area contributed by atoms with E-state index in [-0.39, 0.29) is 11.6 Å². The van der Waals surface area contributed by atoms with Gasteiger partial charge in [-0.05, 0) is 37.1 Å². The number of halogens is 6. The van der Waals surface area contributed by atoms with Crippen LogP contribution in [0.1, 0.15) is 81.9 Å². The van der Waals surface area contributed by atoms with Crippen molar-refractivity contribution in [3.05, 3.63) is 34.9 Å². The zero-order chi connectivity index (χ0) is 20.7. The first kappa shape index (κ1) is 23.8. The highest BCUT2D eigenvalue weighted by Gasteiger charge is 2.39. The average Bonchev–Trinajstić information content (AvgIpc) is 2.59. The van der Waals surface area contributed by atoms with Crippen LogP contribution < -0.4 is 0 Å². The SMILES string of the molecule is CCCCCCCCCC(C)(OC)c1cc(C(F)(F)F)cc(C(F)(F)F)c1. The Bertz CT molecular complexity index is 547. The number of rotatable bonds is 10. The second-order valence-corrected chi connectivity index (χ2v) is 7.10. The fourth-order valence-corrected chi connectivity index (χ4v) is 3.04. The van der Waals surface area contributed by atoms with Crippen LogP contribution in [-0.2, 0) is 22.7 Å². The lowest BCUT2D eigenvalue weighted by atomic mass is 9.87. The minimum atomic E-state index is -4.86. The molecule has 27 heavy (non-hydrogen) atoms. The fraction of sp³-hybridized carbons (Fsp3) is 0.700. The molecule has 156 valence electrons. The van der Waals surface area contributed by atoms with E-state index < -0.39 is 29.1 Å². The van der Waals surface area contributed by atoms with Gasteiger partial charge in [-0.1, -0.05) is 51.9 Å². The lowest BCUT2D eigenvalue weighted by Crippen LogP contribution is -2.26. The molecule has 0 amide bonds. The summed E-state index contributed by atoms with van der Waals surface area (Å²) < 4.78 is 83.8. The van der Waals surface area contributed by atoms with Crippen molar-refractivity contribution in [1.82, 2.24) is 0 Å². The van der Waals surface area contributed by atoms with Gasteiger partial charge in [0.25, 0.3) is 0 Å². The van der Waals surface area contributed by atoms with Crippen LogP contribution in [0.4, 0.5) is 26.3 Å². The molecule has 0 aliphatic rings. The van der Waals surface area contributed by atoms with Crippen LogP contribution >= 0.6 is 0 Å². The number of hydrogen-bond donors (Lipinski definition) is 0. The Morgan fingerprint density at radius 1 is 0.704 bits per heavy atom. The van der Waals surface area contributed by atoms with Crippen LogP contribution in [0.25, 0.3) is 0 Å². The molecule has 0 aliphatic carbocycles. The van der Waals surface area contributed by atoms with E-state index in [4.69, 9.17) is 4.74 Å². The van der Waals surface area contributed by atoms with Gasteiger partial charge in [-0.3, -0.25) is 0 Å². The number of alkyl halides is 6. The van der Waals surface area contributed by atoms with E-state index >= 15 is 0 Å². The van der Waals surface area contributed by atoms with E-state index in [9.17, 15) is 26.3 Å². The Morgan fingerprint density at radius 2 is 1.11 bits per heavy atom. The molecular weight excluding hydrogens is 370 g/mol. The van der Waals surface area contributed by atoms with Gasteiger partial charge in [-0.25, -0.2) is 0 Å². The van der Waals surface area contributed by atoms with Gasteiger partial charge in [-0.15, -0.1) is 0 Å². The predicted octanol–water partition coefficient (Wildman–Crippen LogP) is 7.73. The maximum absolute atomic E-state index is 13.1. The zero-order valence-corrected chi connectivity index (χ0v) is 16.1. The Hall–Kier alpha value is -1.24. The van der Waals surface area contributed by atoms with Crippen molar-refractivity contribution in [3.8, 4) is 0 Å². The highest BCUT2D eigenvalue weighted by atomic mass is 19.4. The molecule has 0 spiro atoms. The van der Waals surface area contributed by atoms with Crippen LogP contribution in [0.3, 0.4) is 0 Å². The van der Waals surface area contributed by atoms with Crippen molar-refractivity contribution in [2.24, 2.45) is 0 Å². The summed E-state index contributed by atoms with van der Waals surface area (Å²) in [5, 5.41) is 0. The molecule has 0 bridgehead atoms. The molecule has 1 rings (SSSR count). The van der Waals surface area contributed by atoms with Gasteiger partial charge in [0.1, 0.15) is 0 Å². The van der Waals surface area contributed by atoms with E-state index in [1.165, 1.54) is 13.5 Å². The fourth-order valence-electron chi connectivity index (χ4n) is 3.04. The quantitative estimate of drug-likeness (QED) is 0.289.